The van der Waals surface area contributed by atoms with Crippen LogP contribution in [0.1, 0.15) is 42.8 Å². The Balaban J connectivity index is 1.91. The fraction of sp³-hybridized carbons (Fsp3) is 0.692. The van der Waals surface area contributed by atoms with E-state index in [1.54, 1.807) is 4.90 Å². The smallest absolute Gasteiger partial charge is 0.314 e. The number of aromatic nitrogens is 1. The Kier molecular flexibility index (Phi) is 4.09. The monoisotopic (exact) mass is 266 g/mol. The summed E-state index contributed by atoms with van der Waals surface area (Å²) in [6, 6.07) is 0.285. The molecule has 1 aromatic rings. The SMILES string of the molecule is Cc1noc(C)c1C(C)NC1CCN(C(N)=O)CC1. The zero-order chi connectivity index (χ0) is 14.0. The van der Waals surface area contributed by atoms with Gasteiger partial charge in [-0.3, -0.25) is 0 Å². The molecule has 1 atom stereocenters. The first-order valence-electron chi connectivity index (χ1n) is 6.72. The van der Waals surface area contributed by atoms with E-state index in [9.17, 15) is 4.79 Å². The Hall–Kier alpha value is -1.56. The number of nitrogens with two attached hydrogens (primary N) is 1. The molecular weight excluding hydrogens is 244 g/mol. The second-order valence-electron chi connectivity index (χ2n) is 5.23. The summed E-state index contributed by atoms with van der Waals surface area (Å²) in [5, 5.41) is 7.56. The Bertz CT molecular complexity index is 430. The lowest BCUT2D eigenvalue weighted by molar-refractivity contribution is 0.183. The number of carbonyl (C=O) groups excluding carboxylic acids is 1. The molecule has 1 aliphatic heterocycles. The fourth-order valence-corrected chi connectivity index (χ4v) is 2.81. The number of amides is 2. The van der Waals surface area contributed by atoms with Gasteiger partial charge >= 0.3 is 6.03 Å². The van der Waals surface area contributed by atoms with Gasteiger partial charge in [0, 0.05) is 30.7 Å². The van der Waals surface area contributed by atoms with Gasteiger partial charge in [-0.2, -0.15) is 0 Å². The number of carbonyl (C=O) groups is 1. The molecule has 0 saturated carbocycles. The summed E-state index contributed by atoms with van der Waals surface area (Å²) in [7, 11) is 0. The number of piperidine rings is 1. The molecule has 0 spiro atoms. The third-order valence-electron chi connectivity index (χ3n) is 3.81. The first-order chi connectivity index (χ1) is 8.99. The van der Waals surface area contributed by atoms with Crippen molar-refractivity contribution >= 4 is 6.03 Å². The third kappa shape index (κ3) is 3.07. The number of hydrogen-bond acceptors (Lipinski definition) is 4. The highest BCUT2D eigenvalue weighted by atomic mass is 16.5. The number of urea groups is 1. The van der Waals surface area contributed by atoms with E-state index < -0.39 is 0 Å². The number of rotatable bonds is 3. The molecule has 0 aliphatic carbocycles. The van der Waals surface area contributed by atoms with Crippen LogP contribution >= 0.6 is 0 Å². The lowest BCUT2D eigenvalue weighted by Gasteiger charge is -2.33. The Morgan fingerprint density at radius 3 is 2.58 bits per heavy atom. The Morgan fingerprint density at radius 1 is 1.47 bits per heavy atom. The minimum atomic E-state index is -0.322. The zero-order valence-corrected chi connectivity index (χ0v) is 11.8. The highest BCUT2D eigenvalue weighted by Gasteiger charge is 2.24. The van der Waals surface area contributed by atoms with Crippen LogP contribution in [0, 0.1) is 13.8 Å². The van der Waals surface area contributed by atoms with Crippen molar-refractivity contribution in [1.82, 2.24) is 15.4 Å². The summed E-state index contributed by atoms with van der Waals surface area (Å²) in [5.74, 6) is 0.868. The quantitative estimate of drug-likeness (QED) is 0.868. The van der Waals surface area contributed by atoms with Crippen molar-refractivity contribution < 1.29 is 9.32 Å². The molecule has 3 N–H and O–H groups in total. The minimum absolute atomic E-state index is 0.205. The number of aryl methyl sites for hydroxylation is 2. The van der Waals surface area contributed by atoms with E-state index in [1.807, 2.05) is 13.8 Å². The molecule has 2 amide bonds. The predicted molar refractivity (Wildman–Crippen MR) is 71.7 cm³/mol. The molecule has 0 bridgehead atoms. The van der Waals surface area contributed by atoms with Crippen molar-refractivity contribution in [3.63, 3.8) is 0 Å². The van der Waals surface area contributed by atoms with Crippen LogP contribution in [0.25, 0.3) is 0 Å². The van der Waals surface area contributed by atoms with Gasteiger partial charge in [-0.25, -0.2) is 4.79 Å². The minimum Gasteiger partial charge on any atom is -0.361 e. The largest absolute Gasteiger partial charge is 0.361 e. The first kappa shape index (κ1) is 13.9. The molecule has 2 heterocycles. The van der Waals surface area contributed by atoms with Gasteiger partial charge in [0.1, 0.15) is 5.76 Å². The Labute approximate surface area is 113 Å². The van der Waals surface area contributed by atoms with Crippen molar-refractivity contribution in [2.24, 2.45) is 5.73 Å². The number of hydrogen-bond donors (Lipinski definition) is 2. The molecule has 1 aromatic heterocycles. The van der Waals surface area contributed by atoms with Crippen molar-refractivity contribution in [2.45, 2.75) is 45.7 Å². The molecule has 0 radical (unpaired) electrons. The summed E-state index contributed by atoms with van der Waals surface area (Å²) >= 11 is 0. The first-order valence-corrected chi connectivity index (χ1v) is 6.72. The molecule has 2 rings (SSSR count). The van der Waals surface area contributed by atoms with Gasteiger partial charge in [0.05, 0.1) is 5.69 Å². The molecule has 106 valence electrons. The van der Waals surface area contributed by atoms with Gasteiger partial charge in [-0.15, -0.1) is 0 Å². The van der Waals surface area contributed by atoms with Crippen molar-refractivity contribution in [3.8, 4) is 0 Å². The van der Waals surface area contributed by atoms with Crippen LogP contribution in [0.2, 0.25) is 0 Å². The van der Waals surface area contributed by atoms with Gasteiger partial charge in [0.15, 0.2) is 0 Å². The van der Waals surface area contributed by atoms with E-state index in [2.05, 4.69) is 17.4 Å². The maximum Gasteiger partial charge on any atom is 0.314 e. The van der Waals surface area contributed by atoms with Crippen LogP contribution in [-0.2, 0) is 0 Å². The van der Waals surface area contributed by atoms with E-state index >= 15 is 0 Å². The summed E-state index contributed by atoms with van der Waals surface area (Å²) in [6.07, 6.45) is 1.85. The number of nitrogens with zero attached hydrogens (tertiary/aromatic N) is 2. The summed E-state index contributed by atoms with van der Waals surface area (Å²) in [6.45, 7) is 7.46. The molecule has 1 saturated heterocycles. The lowest BCUT2D eigenvalue weighted by atomic mass is 10.0. The van der Waals surface area contributed by atoms with Crippen LogP contribution in [0.5, 0.6) is 0 Å². The zero-order valence-electron chi connectivity index (χ0n) is 11.8. The molecule has 0 aromatic carbocycles. The molecule has 1 unspecified atom stereocenters. The molecule has 6 nitrogen and oxygen atoms in total. The molecule has 19 heavy (non-hydrogen) atoms. The van der Waals surface area contributed by atoms with Crippen LogP contribution in [0.3, 0.4) is 0 Å². The van der Waals surface area contributed by atoms with E-state index in [1.165, 1.54) is 0 Å². The van der Waals surface area contributed by atoms with Gasteiger partial charge < -0.3 is 20.5 Å². The van der Waals surface area contributed by atoms with Gasteiger partial charge in [0.2, 0.25) is 0 Å². The van der Waals surface area contributed by atoms with Crippen LogP contribution < -0.4 is 11.1 Å². The third-order valence-corrected chi connectivity index (χ3v) is 3.81. The highest BCUT2D eigenvalue weighted by molar-refractivity contribution is 5.72. The number of nitrogens with one attached hydrogen (secondary N) is 1. The van der Waals surface area contributed by atoms with Crippen molar-refractivity contribution in [3.05, 3.63) is 17.0 Å². The molecular formula is C13H22N4O2. The maximum atomic E-state index is 11.1. The molecule has 6 heteroatoms. The Morgan fingerprint density at radius 2 is 2.11 bits per heavy atom. The highest BCUT2D eigenvalue weighted by Crippen LogP contribution is 2.23. The topological polar surface area (TPSA) is 84.4 Å². The summed E-state index contributed by atoms with van der Waals surface area (Å²) in [5.41, 5.74) is 7.35. The van der Waals surface area contributed by atoms with Crippen LogP contribution in [0.4, 0.5) is 4.79 Å². The summed E-state index contributed by atoms with van der Waals surface area (Å²) in [4.78, 5) is 12.8. The van der Waals surface area contributed by atoms with Crippen LogP contribution in [-0.4, -0.2) is 35.2 Å². The molecule has 1 aliphatic rings. The van der Waals surface area contributed by atoms with Crippen molar-refractivity contribution in [2.75, 3.05) is 13.1 Å². The van der Waals surface area contributed by atoms with Crippen LogP contribution in [0.15, 0.2) is 4.52 Å². The average Bonchev–Trinajstić information content (AvgIpc) is 2.69. The van der Waals surface area contributed by atoms with E-state index in [-0.39, 0.29) is 12.1 Å². The number of primary amides is 1. The van der Waals surface area contributed by atoms with E-state index in [0.29, 0.717) is 6.04 Å². The standard InChI is InChI=1S/C13H22N4O2/c1-8(12-9(2)16-19-10(12)3)15-11-4-6-17(7-5-11)13(14)18/h8,11,15H,4-7H2,1-3H3,(H2,14,18). The van der Waals surface area contributed by atoms with E-state index in [0.717, 1.165) is 42.9 Å². The predicted octanol–water partition coefficient (Wildman–Crippen LogP) is 1.49. The lowest BCUT2D eigenvalue weighted by Crippen LogP contribution is -2.47. The van der Waals surface area contributed by atoms with Gasteiger partial charge in [-0.05, 0) is 33.6 Å². The molecule has 1 fully saturated rings. The van der Waals surface area contributed by atoms with E-state index in [4.69, 9.17) is 10.3 Å². The second-order valence-corrected chi connectivity index (χ2v) is 5.23. The number of likely N-dealkylation sites (tertiary alicyclic amines) is 1. The fourth-order valence-electron chi connectivity index (χ4n) is 2.81. The maximum absolute atomic E-state index is 11.1. The normalized spacial score (nSPS) is 18.6. The summed E-state index contributed by atoms with van der Waals surface area (Å²) < 4.78 is 5.19. The average molecular weight is 266 g/mol. The van der Waals surface area contributed by atoms with Crippen molar-refractivity contribution in [1.29, 1.82) is 0 Å². The van der Waals surface area contributed by atoms with Gasteiger partial charge in [-0.1, -0.05) is 5.16 Å². The second kappa shape index (κ2) is 5.61. The van der Waals surface area contributed by atoms with Gasteiger partial charge in [0.25, 0.3) is 0 Å².